The standard InChI is InChI=1S/C14H21N7/c1-21-9-3-2-4-10(21)6-8(5-9)17-12-11-7-16-20-13(11)19-14(15)18-12/h7-10H,2-6H2,1H3,(H4,15,16,17,18,19,20). The Balaban J connectivity index is 1.59. The van der Waals surface area contributed by atoms with Crippen LogP contribution in [0, 0.1) is 0 Å². The third kappa shape index (κ3) is 2.21. The molecule has 2 aromatic heterocycles. The minimum atomic E-state index is 0.280. The van der Waals surface area contributed by atoms with Crippen LogP contribution in [0.3, 0.4) is 0 Å². The van der Waals surface area contributed by atoms with Crippen molar-refractivity contribution in [2.45, 2.75) is 50.2 Å². The molecular formula is C14H21N7. The molecule has 2 aliphatic heterocycles. The number of H-pyrrole nitrogens is 1. The zero-order valence-electron chi connectivity index (χ0n) is 12.2. The lowest BCUT2D eigenvalue weighted by molar-refractivity contribution is 0.0608. The van der Waals surface area contributed by atoms with E-state index in [-0.39, 0.29) is 5.95 Å². The van der Waals surface area contributed by atoms with Gasteiger partial charge in [-0.2, -0.15) is 15.1 Å². The van der Waals surface area contributed by atoms with Crippen LogP contribution in [0.2, 0.25) is 0 Å². The Morgan fingerprint density at radius 1 is 1.29 bits per heavy atom. The van der Waals surface area contributed by atoms with Gasteiger partial charge in [-0.15, -0.1) is 0 Å². The van der Waals surface area contributed by atoms with Crippen LogP contribution in [0.15, 0.2) is 6.20 Å². The van der Waals surface area contributed by atoms with Crippen LogP contribution in [0.1, 0.15) is 32.1 Å². The van der Waals surface area contributed by atoms with Crippen LogP contribution in [0.25, 0.3) is 11.0 Å². The number of nitrogens with zero attached hydrogens (tertiary/aromatic N) is 4. The minimum absolute atomic E-state index is 0.280. The number of nitrogen functional groups attached to an aromatic ring is 1. The lowest BCUT2D eigenvalue weighted by atomic mass is 9.82. The molecular weight excluding hydrogens is 266 g/mol. The van der Waals surface area contributed by atoms with E-state index in [1.807, 2.05) is 0 Å². The summed E-state index contributed by atoms with van der Waals surface area (Å²) in [4.78, 5) is 11.1. The van der Waals surface area contributed by atoms with Gasteiger partial charge < -0.3 is 16.0 Å². The zero-order valence-corrected chi connectivity index (χ0v) is 12.2. The number of anilines is 2. The first-order valence-corrected chi connectivity index (χ1v) is 7.66. The van der Waals surface area contributed by atoms with Crippen molar-refractivity contribution in [1.82, 2.24) is 25.1 Å². The second-order valence-corrected chi connectivity index (χ2v) is 6.28. The van der Waals surface area contributed by atoms with E-state index >= 15 is 0 Å². The van der Waals surface area contributed by atoms with Gasteiger partial charge in [0.2, 0.25) is 5.95 Å². The molecule has 0 spiro atoms. The monoisotopic (exact) mass is 287 g/mol. The average molecular weight is 287 g/mol. The van der Waals surface area contributed by atoms with Crippen LogP contribution in [0.5, 0.6) is 0 Å². The molecule has 0 amide bonds. The molecule has 21 heavy (non-hydrogen) atoms. The van der Waals surface area contributed by atoms with E-state index in [0.717, 1.165) is 24.0 Å². The highest BCUT2D eigenvalue weighted by Gasteiger charge is 2.36. The second-order valence-electron chi connectivity index (χ2n) is 6.28. The van der Waals surface area contributed by atoms with Crippen molar-refractivity contribution in [3.05, 3.63) is 6.20 Å². The van der Waals surface area contributed by atoms with Gasteiger partial charge in [0.1, 0.15) is 5.82 Å². The van der Waals surface area contributed by atoms with Crippen LogP contribution >= 0.6 is 0 Å². The molecule has 2 unspecified atom stereocenters. The largest absolute Gasteiger partial charge is 0.368 e. The first kappa shape index (κ1) is 12.8. The van der Waals surface area contributed by atoms with Gasteiger partial charge in [0.15, 0.2) is 5.65 Å². The van der Waals surface area contributed by atoms with E-state index in [4.69, 9.17) is 5.73 Å². The summed E-state index contributed by atoms with van der Waals surface area (Å²) < 4.78 is 0. The van der Waals surface area contributed by atoms with Crippen LogP contribution < -0.4 is 11.1 Å². The Bertz CT molecular complexity index is 638. The number of rotatable bonds is 2. The van der Waals surface area contributed by atoms with E-state index in [1.165, 1.54) is 19.3 Å². The third-order valence-electron chi connectivity index (χ3n) is 5.01. The van der Waals surface area contributed by atoms with E-state index in [1.54, 1.807) is 6.20 Å². The maximum absolute atomic E-state index is 5.78. The van der Waals surface area contributed by atoms with Crippen molar-refractivity contribution in [3.63, 3.8) is 0 Å². The molecule has 0 aromatic carbocycles. The maximum atomic E-state index is 5.78. The van der Waals surface area contributed by atoms with E-state index in [2.05, 4.69) is 37.4 Å². The number of piperidine rings is 2. The second kappa shape index (κ2) is 4.84. The van der Waals surface area contributed by atoms with Crippen molar-refractivity contribution in [3.8, 4) is 0 Å². The molecule has 4 heterocycles. The molecule has 112 valence electrons. The average Bonchev–Trinajstić information content (AvgIpc) is 2.88. The van der Waals surface area contributed by atoms with E-state index in [9.17, 15) is 0 Å². The Morgan fingerprint density at radius 3 is 2.81 bits per heavy atom. The highest BCUT2D eigenvalue weighted by atomic mass is 15.2. The number of nitrogens with one attached hydrogen (secondary N) is 2. The Hall–Kier alpha value is -1.89. The number of hydrogen-bond donors (Lipinski definition) is 3. The number of fused-ring (bicyclic) bond motifs is 3. The first-order chi connectivity index (χ1) is 10.2. The molecule has 2 fully saturated rings. The molecule has 2 aromatic rings. The van der Waals surface area contributed by atoms with Crippen molar-refractivity contribution in [2.75, 3.05) is 18.1 Å². The van der Waals surface area contributed by atoms with Gasteiger partial charge in [-0.05, 0) is 32.7 Å². The van der Waals surface area contributed by atoms with Crippen molar-refractivity contribution in [2.24, 2.45) is 0 Å². The molecule has 0 saturated carbocycles. The van der Waals surface area contributed by atoms with Gasteiger partial charge in [0, 0.05) is 18.1 Å². The highest BCUT2D eigenvalue weighted by Crippen LogP contribution is 2.34. The fourth-order valence-corrected chi connectivity index (χ4v) is 3.89. The smallest absolute Gasteiger partial charge is 0.224 e. The molecule has 7 nitrogen and oxygen atoms in total. The molecule has 2 saturated heterocycles. The Labute approximate surface area is 123 Å². The minimum Gasteiger partial charge on any atom is -0.368 e. The summed E-state index contributed by atoms with van der Waals surface area (Å²) in [6.45, 7) is 0. The summed E-state index contributed by atoms with van der Waals surface area (Å²) >= 11 is 0. The molecule has 4 N–H and O–H groups in total. The quantitative estimate of drug-likeness (QED) is 0.772. The van der Waals surface area contributed by atoms with Gasteiger partial charge in [-0.3, -0.25) is 5.10 Å². The maximum Gasteiger partial charge on any atom is 0.224 e. The third-order valence-corrected chi connectivity index (χ3v) is 5.01. The fraction of sp³-hybridized carbons (Fsp3) is 0.643. The topological polar surface area (TPSA) is 95.7 Å². The molecule has 4 rings (SSSR count). The number of nitrogens with two attached hydrogens (primary N) is 1. The molecule has 0 radical (unpaired) electrons. The molecule has 7 heteroatoms. The summed E-state index contributed by atoms with van der Waals surface area (Å²) in [6.07, 6.45) is 8.05. The highest BCUT2D eigenvalue weighted by molar-refractivity contribution is 5.86. The first-order valence-electron chi connectivity index (χ1n) is 7.66. The van der Waals surface area contributed by atoms with E-state index < -0.39 is 0 Å². The lowest BCUT2D eigenvalue weighted by Crippen LogP contribution is -2.52. The molecule has 2 bridgehead atoms. The Morgan fingerprint density at radius 2 is 2.05 bits per heavy atom. The normalized spacial score (nSPS) is 29.7. The van der Waals surface area contributed by atoms with Gasteiger partial charge in [-0.1, -0.05) is 6.42 Å². The summed E-state index contributed by atoms with van der Waals surface area (Å²) in [6, 6.07) is 1.83. The van der Waals surface area contributed by atoms with Gasteiger partial charge in [0.05, 0.1) is 11.6 Å². The Kier molecular flexibility index (Phi) is 2.95. The van der Waals surface area contributed by atoms with Crippen LogP contribution in [-0.4, -0.2) is 50.2 Å². The molecule has 2 atom stereocenters. The predicted octanol–water partition coefficient (Wildman–Crippen LogP) is 1.36. The van der Waals surface area contributed by atoms with Crippen molar-refractivity contribution >= 4 is 22.8 Å². The van der Waals surface area contributed by atoms with Crippen molar-refractivity contribution in [1.29, 1.82) is 0 Å². The van der Waals surface area contributed by atoms with Crippen LogP contribution in [-0.2, 0) is 0 Å². The summed E-state index contributed by atoms with van der Waals surface area (Å²) in [7, 11) is 2.27. The number of aromatic nitrogens is 4. The van der Waals surface area contributed by atoms with Crippen molar-refractivity contribution < 1.29 is 0 Å². The van der Waals surface area contributed by atoms with E-state index in [0.29, 0.717) is 23.8 Å². The zero-order chi connectivity index (χ0) is 14.4. The fourth-order valence-electron chi connectivity index (χ4n) is 3.89. The summed E-state index contributed by atoms with van der Waals surface area (Å²) in [5.41, 5.74) is 6.48. The summed E-state index contributed by atoms with van der Waals surface area (Å²) in [5.74, 6) is 1.08. The summed E-state index contributed by atoms with van der Waals surface area (Å²) in [5, 5.41) is 11.4. The SMILES string of the molecule is CN1C2CCCC1CC(Nc1nc(N)nc3[nH]ncc13)C2. The van der Waals surface area contributed by atoms with Gasteiger partial charge in [0.25, 0.3) is 0 Å². The number of hydrogen-bond acceptors (Lipinski definition) is 6. The molecule has 0 aliphatic carbocycles. The van der Waals surface area contributed by atoms with Gasteiger partial charge in [-0.25, -0.2) is 0 Å². The number of aromatic amines is 1. The predicted molar refractivity (Wildman–Crippen MR) is 81.9 cm³/mol. The molecule has 2 aliphatic rings. The van der Waals surface area contributed by atoms with Gasteiger partial charge >= 0.3 is 0 Å². The lowest BCUT2D eigenvalue weighted by Gasteiger charge is -2.47. The van der Waals surface area contributed by atoms with Crippen LogP contribution in [0.4, 0.5) is 11.8 Å².